The van der Waals surface area contributed by atoms with Gasteiger partial charge in [-0.1, -0.05) is 0 Å². The first-order chi connectivity index (χ1) is 6.94. The van der Waals surface area contributed by atoms with Crippen LogP contribution >= 0.6 is 0 Å². The van der Waals surface area contributed by atoms with Crippen LogP contribution in [0, 0.1) is 0 Å². The molecule has 1 saturated heterocycles. The van der Waals surface area contributed by atoms with Crippen molar-refractivity contribution in [2.24, 2.45) is 0 Å². The number of alkyl halides is 3. The van der Waals surface area contributed by atoms with E-state index < -0.39 is 18.8 Å². The Bertz CT molecular complexity index is 232. The Morgan fingerprint density at radius 1 is 1.27 bits per heavy atom. The van der Waals surface area contributed by atoms with E-state index in [2.05, 4.69) is 0 Å². The van der Waals surface area contributed by atoms with Gasteiger partial charge in [-0.25, -0.2) is 4.79 Å². The van der Waals surface area contributed by atoms with E-state index in [1.165, 1.54) is 4.90 Å². The molecule has 7 heteroatoms. The van der Waals surface area contributed by atoms with Crippen molar-refractivity contribution in [2.75, 3.05) is 32.8 Å². The van der Waals surface area contributed by atoms with Gasteiger partial charge in [0.15, 0.2) is 0 Å². The molecular weight excluding hydrogens is 213 g/mol. The minimum Gasteiger partial charge on any atom is -0.396 e. The van der Waals surface area contributed by atoms with Crippen molar-refractivity contribution in [3.05, 3.63) is 0 Å². The first-order valence-electron chi connectivity index (χ1n) is 4.65. The molecule has 1 fully saturated rings. The number of rotatable bonds is 4. The highest BCUT2D eigenvalue weighted by atomic mass is 19.4. The number of hydrogen-bond acceptors (Lipinski definition) is 2. The highest BCUT2D eigenvalue weighted by Crippen LogP contribution is 2.19. The molecule has 0 aromatic rings. The van der Waals surface area contributed by atoms with Crippen LogP contribution in [0.15, 0.2) is 0 Å². The second-order valence-electron chi connectivity index (χ2n) is 3.38. The van der Waals surface area contributed by atoms with Gasteiger partial charge < -0.3 is 14.9 Å². The first-order valence-corrected chi connectivity index (χ1v) is 4.65. The second kappa shape index (κ2) is 4.69. The summed E-state index contributed by atoms with van der Waals surface area (Å²) in [6.45, 7) is -0.549. The molecule has 1 N–H and O–H groups in total. The summed E-state index contributed by atoms with van der Waals surface area (Å²) in [5, 5.41) is 8.53. The maximum Gasteiger partial charge on any atom is 0.406 e. The van der Waals surface area contributed by atoms with Crippen molar-refractivity contribution < 1.29 is 23.1 Å². The van der Waals surface area contributed by atoms with Gasteiger partial charge in [0.05, 0.1) is 0 Å². The Kier molecular flexibility index (Phi) is 3.78. The van der Waals surface area contributed by atoms with Crippen molar-refractivity contribution in [3.8, 4) is 0 Å². The number of carbonyl (C=O) groups is 1. The van der Waals surface area contributed by atoms with Crippen molar-refractivity contribution in [3.63, 3.8) is 0 Å². The van der Waals surface area contributed by atoms with Gasteiger partial charge in [-0.05, 0) is 6.42 Å². The molecule has 2 amide bonds. The lowest BCUT2D eigenvalue weighted by molar-refractivity contribution is -0.138. The van der Waals surface area contributed by atoms with Crippen LogP contribution in [0.2, 0.25) is 0 Å². The Hall–Kier alpha value is -0.980. The number of halogens is 3. The third kappa shape index (κ3) is 3.58. The van der Waals surface area contributed by atoms with Crippen LogP contribution < -0.4 is 0 Å². The molecule has 0 unspecified atom stereocenters. The first kappa shape index (κ1) is 12.1. The Morgan fingerprint density at radius 3 is 2.40 bits per heavy atom. The predicted molar refractivity (Wildman–Crippen MR) is 46.3 cm³/mol. The summed E-state index contributed by atoms with van der Waals surface area (Å²) >= 11 is 0. The zero-order chi connectivity index (χ0) is 11.5. The van der Waals surface area contributed by atoms with Crippen molar-refractivity contribution >= 4 is 6.03 Å². The average molecular weight is 226 g/mol. The summed E-state index contributed by atoms with van der Waals surface area (Å²) in [6.07, 6.45) is -3.95. The van der Waals surface area contributed by atoms with Crippen LogP contribution in [-0.4, -0.2) is 59.9 Å². The molecule has 1 aliphatic rings. The molecule has 0 bridgehead atoms. The van der Waals surface area contributed by atoms with Crippen LogP contribution in [0.3, 0.4) is 0 Å². The van der Waals surface area contributed by atoms with Crippen LogP contribution in [0.1, 0.15) is 6.42 Å². The van der Waals surface area contributed by atoms with Crippen LogP contribution in [0.5, 0.6) is 0 Å². The third-order valence-electron chi connectivity index (χ3n) is 2.14. The monoisotopic (exact) mass is 226 g/mol. The summed E-state index contributed by atoms with van der Waals surface area (Å²) in [7, 11) is 0. The quantitative estimate of drug-likeness (QED) is 0.765. The topological polar surface area (TPSA) is 43.8 Å². The molecule has 88 valence electrons. The molecule has 1 heterocycles. The lowest BCUT2D eigenvalue weighted by atomic mass is 10.4. The minimum absolute atomic E-state index is 0.0664. The van der Waals surface area contributed by atoms with Crippen LogP contribution in [0.25, 0.3) is 0 Å². The number of aliphatic hydroxyl groups is 1. The molecule has 0 aromatic heterocycles. The van der Waals surface area contributed by atoms with E-state index >= 15 is 0 Å². The molecular formula is C8H13F3N2O2. The summed E-state index contributed by atoms with van der Waals surface area (Å²) in [4.78, 5) is 13.5. The van der Waals surface area contributed by atoms with E-state index in [0.717, 1.165) is 4.90 Å². The van der Waals surface area contributed by atoms with Crippen LogP contribution in [-0.2, 0) is 0 Å². The predicted octanol–water partition coefficient (Wildman–Crippen LogP) is 0.669. The highest BCUT2D eigenvalue weighted by molar-refractivity contribution is 5.76. The van der Waals surface area contributed by atoms with Gasteiger partial charge in [0.1, 0.15) is 6.54 Å². The van der Waals surface area contributed by atoms with Crippen molar-refractivity contribution in [2.45, 2.75) is 12.6 Å². The summed E-state index contributed by atoms with van der Waals surface area (Å²) < 4.78 is 36.0. The van der Waals surface area contributed by atoms with Crippen LogP contribution in [0.4, 0.5) is 18.0 Å². The number of aliphatic hydroxyl groups excluding tert-OH is 1. The third-order valence-corrected chi connectivity index (χ3v) is 2.14. The number of urea groups is 1. The molecule has 1 aliphatic heterocycles. The Balaban J connectivity index is 2.42. The van der Waals surface area contributed by atoms with E-state index in [-0.39, 0.29) is 13.2 Å². The fourth-order valence-electron chi connectivity index (χ4n) is 1.46. The molecule has 0 aliphatic carbocycles. The molecule has 15 heavy (non-hydrogen) atoms. The molecule has 0 aromatic carbocycles. The minimum atomic E-state index is -4.34. The number of carbonyl (C=O) groups excluding carboxylic acids is 1. The zero-order valence-electron chi connectivity index (χ0n) is 8.13. The fraction of sp³-hybridized carbons (Fsp3) is 0.875. The van der Waals surface area contributed by atoms with Crippen molar-refractivity contribution in [1.82, 2.24) is 9.80 Å². The smallest absolute Gasteiger partial charge is 0.396 e. The number of amides is 2. The fourth-order valence-corrected chi connectivity index (χ4v) is 1.46. The van der Waals surface area contributed by atoms with Crippen molar-refractivity contribution in [1.29, 1.82) is 0 Å². The molecule has 0 radical (unpaired) electrons. The van der Waals surface area contributed by atoms with Gasteiger partial charge in [0, 0.05) is 26.2 Å². The lowest BCUT2D eigenvalue weighted by Gasteiger charge is -2.19. The Morgan fingerprint density at radius 2 is 1.87 bits per heavy atom. The summed E-state index contributed by atoms with van der Waals surface area (Å²) in [5.41, 5.74) is 0. The van der Waals surface area contributed by atoms with Gasteiger partial charge in [-0.2, -0.15) is 13.2 Å². The van der Waals surface area contributed by atoms with E-state index in [1.807, 2.05) is 0 Å². The molecule has 0 spiro atoms. The van der Waals surface area contributed by atoms with Gasteiger partial charge >= 0.3 is 12.2 Å². The van der Waals surface area contributed by atoms with Gasteiger partial charge in [0.25, 0.3) is 0 Å². The van der Waals surface area contributed by atoms with E-state index in [1.54, 1.807) is 0 Å². The lowest BCUT2D eigenvalue weighted by Crippen LogP contribution is -2.38. The normalized spacial score (nSPS) is 17.7. The number of hydrogen-bond donors (Lipinski definition) is 1. The van der Waals surface area contributed by atoms with Gasteiger partial charge in [0.2, 0.25) is 0 Å². The second-order valence-corrected chi connectivity index (χ2v) is 3.38. The van der Waals surface area contributed by atoms with Gasteiger partial charge in [-0.3, -0.25) is 0 Å². The maximum absolute atomic E-state index is 12.0. The molecule has 0 atom stereocenters. The molecule has 0 saturated carbocycles. The van der Waals surface area contributed by atoms with E-state index in [4.69, 9.17) is 5.11 Å². The summed E-state index contributed by atoms with van der Waals surface area (Å²) in [6, 6.07) is -0.597. The largest absolute Gasteiger partial charge is 0.406 e. The zero-order valence-corrected chi connectivity index (χ0v) is 8.13. The molecule has 1 rings (SSSR count). The molecule has 4 nitrogen and oxygen atoms in total. The summed E-state index contributed by atoms with van der Waals surface area (Å²) in [5.74, 6) is 0. The van der Waals surface area contributed by atoms with E-state index in [9.17, 15) is 18.0 Å². The SMILES string of the molecule is O=C1N(CCCO)CCN1CC(F)(F)F. The standard InChI is InChI=1S/C8H13F3N2O2/c9-8(10,11)6-13-4-3-12(7(13)15)2-1-5-14/h14H,1-6H2. The Labute approximate surface area is 85.3 Å². The maximum atomic E-state index is 12.0. The van der Waals surface area contributed by atoms with E-state index in [0.29, 0.717) is 19.5 Å². The van der Waals surface area contributed by atoms with Gasteiger partial charge in [-0.15, -0.1) is 0 Å². The number of nitrogens with zero attached hydrogens (tertiary/aromatic N) is 2. The highest BCUT2D eigenvalue weighted by Gasteiger charge is 2.37. The average Bonchev–Trinajstić information content (AvgIpc) is 2.43.